The van der Waals surface area contributed by atoms with Crippen molar-refractivity contribution in [2.24, 2.45) is 0 Å². The number of hydrogen-bond acceptors (Lipinski definition) is 8. The Bertz CT molecular complexity index is 1160. The Morgan fingerprint density at radius 2 is 1.89 bits per heavy atom. The summed E-state index contributed by atoms with van der Waals surface area (Å²) in [6, 6.07) is 11.3. The average molecular weight is 413 g/mol. The molecule has 0 spiro atoms. The van der Waals surface area contributed by atoms with Crippen LogP contribution in [0.2, 0.25) is 5.02 Å². The Balaban J connectivity index is 1.62. The molecule has 0 amide bonds. The van der Waals surface area contributed by atoms with E-state index in [9.17, 15) is 0 Å². The van der Waals surface area contributed by atoms with Gasteiger partial charge in [-0.25, -0.2) is 15.0 Å². The summed E-state index contributed by atoms with van der Waals surface area (Å²) in [7, 11) is 1.64. The van der Waals surface area contributed by atoms with E-state index in [-0.39, 0.29) is 0 Å². The number of nitrogens with zero attached hydrogens (tertiary/aromatic N) is 3. The highest BCUT2D eigenvalue weighted by atomic mass is 35.5. The summed E-state index contributed by atoms with van der Waals surface area (Å²) in [5.41, 5.74) is 9.28. The molecule has 2 aromatic heterocycles. The lowest BCUT2D eigenvalue weighted by atomic mass is 10.2. The van der Waals surface area contributed by atoms with Crippen LogP contribution >= 0.6 is 22.9 Å². The number of thiazole rings is 1. The summed E-state index contributed by atoms with van der Waals surface area (Å²) in [4.78, 5) is 13.1. The van der Waals surface area contributed by atoms with Gasteiger partial charge in [-0.3, -0.25) is 0 Å². The van der Waals surface area contributed by atoms with E-state index < -0.39 is 0 Å². The fraction of sp³-hybridized carbons (Fsp3) is 0.105. The van der Waals surface area contributed by atoms with E-state index in [0.717, 1.165) is 27.2 Å². The highest BCUT2D eigenvalue weighted by Crippen LogP contribution is 2.34. The van der Waals surface area contributed by atoms with Crippen molar-refractivity contribution in [3.63, 3.8) is 0 Å². The van der Waals surface area contributed by atoms with E-state index in [0.29, 0.717) is 27.5 Å². The van der Waals surface area contributed by atoms with Gasteiger partial charge < -0.3 is 21.1 Å². The Kier molecular flexibility index (Phi) is 4.89. The maximum absolute atomic E-state index is 6.28. The van der Waals surface area contributed by atoms with Crippen LogP contribution in [0, 0.1) is 6.92 Å². The van der Waals surface area contributed by atoms with Gasteiger partial charge in [0.15, 0.2) is 16.8 Å². The fourth-order valence-electron chi connectivity index (χ4n) is 2.65. The van der Waals surface area contributed by atoms with Gasteiger partial charge in [0.05, 0.1) is 17.3 Å². The lowest BCUT2D eigenvalue weighted by Gasteiger charge is -2.13. The van der Waals surface area contributed by atoms with Gasteiger partial charge in [0.25, 0.3) is 0 Å². The number of ether oxygens (including phenoxy) is 1. The van der Waals surface area contributed by atoms with Gasteiger partial charge in [0, 0.05) is 10.7 Å². The maximum atomic E-state index is 6.28. The zero-order chi connectivity index (χ0) is 19.7. The first-order valence-corrected chi connectivity index (χ1v) is 9.59. The first-order valence-electron chi connectivity index (χ1n) is 8.39. The zero-order valence-electron chi connectivity index (χ0n) is 15.2. The number of anilines is 5. The smallest absolute Gasteiger partial charge is 0.189 e. The normalized spacial score (nSPS) is 10.8. The minimum absolute atomic E-state index is 0.388. The van der Waals surface area contributed by atoms with Crippen molar-refractivity contribution in [1.29, 1.82) is 0 Å². The number of rotatable bonds is 5. The monoisotopic (exact) mass is 412 g/mol. The van der Waals surface area contributed by atoms with E-state index in [2.05, 4.69) is 25.6 Å². The molecular weight excluding hydrogens is 396 g/mol. The predicted molar refractivity (Wildman–Crippen MR) is 115 cm³/mol. The maximum Gasteiger partial charge on any atom is 0.189 e. The molecule has 0 saturated heterocycles. The molecule has 0 bridgehead atoms. The van der Waals surface area contributed by atoms with Crippen LogP contribution in [0.15, 0.2) is 42.7 Å². The fourth-order valence-corrected chi connectivity index (χ4v) is 3.72. The number of nitrogen functional groups attached to an aromatic ring is 1. The molecule has 0 aliphatic rings. The summed E-state index contributed by atoms with van der Waals surface area (Å²) >= 11 is 7.68. The van der Waals surface area contributed by atoms with Gasteiger partial charge >= 0.3 is 0 Å². The minimum atomic E-state index is 0.388. The number of aromatic nitrogens is 3. The Hall–Kier alpha value is -3.10. The first kappa shape index (κ1) is 18.3. The summed E-state index contributed by atoms with van der Waals surface area (Å²) in [5, 5.41) is 7.74. The van der Waals surface area contributed by atoms with Crippen LogP contribution in [0.4, 0.5) is 28.1 Å². The molecule has 4 N–H and O–H groups in total. The van der Waals surface area contributed by atoms with Gasteiger partial charge in [-0.1, -0.05) is 29.0 Å². The van der Waals surface area contributed by atoms with E-state index >= 15 is 0 Å². The van der Waals surface area contributed by atoms with Gasteiger partial charge in [-0.05, 0) is 42.8 Å². The molecule has 0 fully saturated rings. The number of methoxy groups -OCH3 is 1. The number of benzene rings is 2. The number of nitrogens with one attached hydrogen (secondary N) is 2. The van der Waals surface area contributed by atoms with Crippen molar-refractivity contribution < 1.29 is 4.74 Å². The minimum Gasteiger partial charge on any atom is -0.497 e. The highest BCUT2D eigenvalue weighted by Gasteiger charge is 2.13. The summed E-state index contributed by atoms with van der Waals surface area (Å²) < 4.78 is 6.26. The second-order valence-electron chi connectivity index (χ2n) is 6.00. The summed E-state index contributed by atoms with van der Waals surface area (Å²) in [6.45, 7) is 1.93. The van der Waals surface area contributed by atoms with E-state index in [4.69, 9.17) is 22.1 Å². The van der Waals surface area contributed by atoms with E-state index in [1.807, 2.05) is 43.3 Å². The van der Waals surface area contributed by atoms with E-state index in [1.54, 1.807) is 7.11 Å². The highest BCUT2D eigenvalue weighted by molar-refractivity contribution is 7.22. The predicted octanol–water partition coefficient (Wildman–Crippen LogP) is 5.13. The number of nitrogens with two attached hydrogens (primary N) is 1. The van der Waals surface area contributed by atoms with Crippen molar-refractivity contribution >= 4 is 61.3 Å². The Labute approximate surface area is 170 Å². The van der Waals surface area contributed by atoms with Crippen molar-refractivity contribution in [2.45, 2.75) is 6.92 Å². The second-order valence-corrected chi connectivity index (χ2v) is 7.44. The molecule has 2 aromatic carbocycles. The molecular formula is C19H17ClN6OS. The largest absolute Gasteiger partial charge is 0.497 e. The lowest BCUT2D eigenvalue weighted by Crippen LogP contribution is -2.05. The quantitative estimate of drug-likeness (QED) is 0.418. The number of hydrogen-bond donors (Lipinski definition) is 3. The molecule has 0 atom stereocenters. The van der Waals surface area contributed by atoms with Gasteiger partial charge in [-0.15, -0.1) is 0 Å². The van der Waals surface area contributed by atoms with Gasteiger partial charge in [0.2, 0.25) is 0 Å². The van der Waals surface area contributed by atoms with Crippen LogP contribution < -0.4 is 21.1 Å². The topological polar surface area (TPSA) is 98.0 Å². The third kappa shape index (κ3) is 3.51. The van der Waals surface area contributed by atoms with Crippen LogP contribution in [-0.4, -0.2) is 22.1 Å². The van der Waals surface area contributed by atoms with Crippen LogP contribution in [0.5, 0.6) is 5.75 Å². The molecule has 28 heavy (non-hydrogen) atoms. The van der Waals surface area contributed by atoms with Crippen LogP contribution in [0.1, 0.15) is 5.56 Å². The van der Waals surface area contributed by atoms with Crippen molar-refractivity contribution in [2.75, 3.05) is 23.5 Å². The molecule has 142 valence electrons. The SMILES string of the molecule is COc1ccc2nc(Nc3ncnc(Nc4cccc(Cl)c4C)c3N)sc2c1. The van der Waals surface area contributed by atoms with E-state index in [1.165, 1.54) is 17.7 Å². The molecule has 4 aromatic rings. The number of halogens is 1. The average Bonchev–Trinajstić information content (AvgIpc) is 3.09. The van der Waals surface area contributed by atoms with Crippen LogP contribution in [-0.2, 0) is 0 Å². The third-order valence-electron chi connectivity index (χ3n) is 4.23. The molecule has 7 nitrogen and oxygen atoms in total. The van der Waals surface area contributed by atoms with Crippen molar-refractivity contribution in [3.8, 4) is 5.75 Å². The number of fused-ring (bicyclic) bond motifs is 1. The summed E-state index contributed by atoms with van der Waals surface area (Å²) in [5.74, 6) is 1.75. The molecule has 0 aliphatic carbocycles. The van der Waals surface area contributed by atoms with Crippen LogP contribution in [0.25, 0.3) is 10.2 Å². The lowest BCUT2D eigenvalue weighted by molar-refractivity contribution is 0.415. The molecule has 2 heterocycles. The Morgan fingerprint density at radius 3 is 2.68 bits per heavy atom. The molecule has 4 rings (SSSR count). The zero-order valence-corrected chi connectivity index (χ0v) is 16.7. The second kappa shape index (κ2) is 7.49. The molecule has 0 saturated carbocycles. The standard InChI is InChI=1S/C19H17ClN6OS/c1-10-12(20)4-3-5-13(10)24-17-16(21)18(23-9-22-17)26-19-25-14-7-6-11(27-2)8-15(14)28-19/h3-9H,21H2,1-2H3,(H2,22,23,24,25,26). The van der Waals surface area contributed by atoms with Crippen LogP contribution in [0.3, 0.4) is 0 Å². The summed E-state index contributed by atoms with van der Waals surface area (Å²) in [6.07, 6.45) is 1.44. The Morgan fingerprint density at radius 1 is 1.11 bits per heavy atom. The molecule has 0 radical (unpaired) electrons. The van der Waals surface area contributed by atoms with Crippen molar-refractivity contribution in [3.05, 3.63) is 53.3 Å². The molecule has 9 heteroatoms. The van der Waals surface area contributed by atoms with Crippen molar-refractivity contribution in [1.82, 2.24) is 15.0 Å². The first-order chi connectivity index (χ1) is 13.5. The van der Waals surface area contributed by atoms with Gasteiger partial charge in [-0.2, -0.15) is 0 Å². The molecule has 0 unspecified atom stereocenters. The van der Waals surface area contributed by atoms with Gasteiger partial charge in [0.1, 0.15) is 17.8 Å². The molecule has 0 aliphatic heterocycles. The third-order valence-corrected chi connectivity index (χ3v) is 5.57.